The van der Waals surface area contributed by atoms with Gasteiger partial charge in [-0.1, -0.05) is 6.07 Å². The Kier molecular flexibility index (Phi) is 4.21. The predicted molar refractivity (Wildman–Crippen MR) is 79.8 cm³/mol. The van der Waals surface area contributed by atoms with E-state index in [1.54, 1.807) is 17.4 Å². The number of carbonyl (C=O) groups is 2. The van der Waals surface area contributed by atoms with Crippen LogP contribution in [0, 0.1) is 0 Å². The molecule has 3 rings (SSSR count). The summed E-state index contributed by atoms with van der Waals surface area (Å²) in [5, 5.41) is 17.8. The van der Waals surface area contributed by atoms with E-state index in [1.165, 1.54) is 4.90 Å². The average Bonchev–Trinajstić information content (AvgIpc) is 3.17. The van der Waals surface area contributed by atoms with Crippen molar-refractivity contribution < 1.29 is 19.4 Å². The lowest BCUT2D eigenvalue weighted by Crippen LogP contribution is -2.49. The highest BCUT2D eigenvalue weighted by molar-refractivity contribution is 7.13. The van der Waals surface area contributed by atoms with Crippen molar-refractivity contribution in [3.05, 3.63) is 29.3 Å². The lowest BCUT2D eigenvalue weighted by molar-refractivity contribution is -0.139. The Bertz CT molecular complexity index is 667. The van der Waals surface area contributed by atoms with Crippen LogP contribution in [-0.4, -0.2) is 57.9 Å². The molecule has 8 heteroatoms. The minimum absolute atomic E-state index is 0.131. The molecule has 0 saturated carbocycles. The van der Waals surface area contributed by atoms with Gasteiger partial charge in [0.25, 0.3) is 5.91 Å². The first-order valence-corrected chi connectivity index (χ1v) is 7.73. The molecule has 2 N–H and O–H groups in total. The van der Waals surface area contributed by atoms with Gasteiger partial charge >= 0.3 is 5.97 Å². The molecule has 1 atom stereocenters. The van der Waals surface area contributed by atoms with Crippen molar-refractivity contribution in [1.29, 1.82) is 0 Å². The van der Waals surface area contributed by atoms with Crippen LogP contribution in [0.3, 0.4) is 0 Å². The Labute approximate surface area is 130 Å². The molecule has 7 nitrogen and oxygen atoms in total. The van der Waals surface area contributed by atoms with Gasteiger partial charge in [0.1, 0.15) is 0 Å². The third-order valence-corrected chi connectivity index (χ3v) is 4.39. The number of aliphatic carboxylic acids is 1. The number of nitrogens with one attached hydrogen (secondary N) is 1. The Hall–Kier alpha value is -2.19. The SMILES string of the molecule is O=C(O)CC1COCCN1C(=O)c1cc(-c2cccs2)[nH]n1. The fourth-order valence-corrected chi connectivity index (χ4v) is 3.12. The van der Waals surface area contributed by atoms with Crippen LogP contribution in [0.2, 0.25) is 0 Å². The van der Waals surface area contributed by atoms with Crippen molar-refractivity contribution in [3.63, 3.8) is 0 Å². The maximum absolute atomic E-state index is 12.6. The molecule has 1 unspecified atom stereocenters. The Morgan fingerprint density at radius 1 is 1.55 bits per heavy atom. The number of hydrogen-bond donors (Lipinski definition) is 2. The fraction of sp³-hybridized carbons (Fsp3) is 0.357. The topological polar surface area (TPSA) is 95.5 Å². The highest BCUT2D eigenvalue weighted by Gasteiger charge is 2.31. The summed E-state index contributed by atoms with van der Waals surface area (Å²) < 4.78 is 5.28. The maximum Gasteiger partial charge on any atom is 0.305 e. The molecule has 0 aliphatic carbocycles. The molecule has 1 fully saturated rings. The van der Waals surface area contributed by atoms with Crippen LogP contribution in [0.5, 0.6) is 0 Å². The first-order valence-electron chi connectivity index (χ1n) is 6.85. The first-order chi connectivity index (χ1) is 10.6. The number of amides is 1. The van der Waals surface area contributed by atoms with Crippen LogP contribution < -0.4 is 0 Å². The van der Waals surface area contributed by atoms with E-state index in [0.717, 1.165) is 10.6 Å². The second-order valence-electron chi connectivity index (χ2n) is 4.97. The molecule has 3 heterocycles. The zero-order valence-electron chi connectivity index (χ0n) is 11.7. The van der Waals surface area contributed by atoms with E-state index in [-0.39, 0.29) is 18.9 Å². The number of morpholine rings is 1. The minimum Gasteiger partial charge on any atom is -0.481 e. The van der Waals surface area contributed by atoms with Gasteiger partial charge in [0, 0.05) is 6.54 Å². The van der Waals surface area contributed by atoms with Gasteiger partial charge in [-0.2, -0.15) is 5.10 Å². The van der Waals surface area contributed by atoms with E-state index >= 15 is 0 Å². The molecule has 0 aromatic carbocycles. The third kappa shape index (κ3) is 3.02. The van der Waals surface area contributed by atoms with Crippen molar-refractivity contribution in [2.75, 3.05) is 19.8 Å². The number of rotatable bonds is 4. The smallest absolute Gasteiger partial charge is 0.305 e. The van der Waals surface area contributed by atoms with Gasteiger partial charge in [0.2, 0.25) is 0 Å². The van der Waals surface area contributed by atoms with Crippen LogP contribution in [0.1, 0.15) is 16.9 Å². The van der Waals surface area contributed by atoms with Gasteiger partial charge < -0.3 is 14.7 Å². The van der Waals surface area contributed by atoms with E-state index in [9.17, 15) is 9.59 Å². The molecule has 2 aromatic heterocycles. The molecule has 1 amide bonds. The van der Waals surface area contributed by atoms with Gasteiger partial charge in [0.15, 0.2) is 5.69 Å². The van der Waals surface area contributed by atoms with Gasteiger partial charge in [-0.3, -0.25) is 14.7 Å². The number of aromatic nitrogens is 2. The predicted octanol–water partition coefficient (Wildman–Crippen LogP) is 1.45. The summed E-state index contributed by atoms with van der Waals surface area (Å²) in [4.78, 5) is 26.0. The fourth-order valence-electron chi connectivity index (χ4n) is 2.43. The standard InChI is InChI=1S/C14H15N3O4S/c18-13(19)6-9-8-21-4-3-17(9)14(20)11-7-10(15-16-11)12-2-1-5-22-12/h1-2,5,7,9H,3-4,6,8H2,(H,15,16)(H,18,19). The second-order valence-corrected chi connectivity index (χ2v) is 5.92. The van der Waals surface area contributed by atoms with Crippen molar-refractivity contribution in [2.24, 2.45) is 0 Å². The molecule has 2 aromatic rings. The van der Waals surface area contributed by atoms with E-state index in [0.29, 0.717) is 18.8 Å². The van der Waals surface area contributed by atoms with Crippen LogP contribution in [-0.2, 0) is 9.53 Å². The summed E-state index contributed by atoms with van der Waals surface area (Å²) in [6.07, 6.45) is -0.131. The van der Waals surface area contributed by atoms with Gasteiger partial charge in [0.05, 0.1) is 36.2 Å². The summed E-state index contributed by atoms with van der Waals surface area (Å²) in [5.74, 6) is -1.22. The Morgan fingerprint density at radius 2 is 2.41 bits per heavy atom. The van der Waals surface area contributed by atoms with E-state index in [2.05, 4.69) is 10.2 Å². The molecule has 22 heavy (non-hydrogen) atoms. The summed E-state index contributed by atoms with van der Waals surface area (Å²) in [6.45, 7) is 1.02. The van der Waals surface area contributed by atoms with Crippen LogP contribution >= 0.6 is 11.3 Å². The summed E-state index contributed by atoms with van der Waals surface area (Å²) >= 11 is 1.55. The summed E-state index contributed by atoms with van der Waals surface area (Å²) in [6, 6.07) is 5.10. The number of carbonyl (C=O) groups excluding carboxylic acids is 1. The van der Waals surface area contributed by atoms with Gasteiger partial charge in [-0.15, -0.1) is 11.3 Å². The van der Waals surface area contributed by atoms with Crippen molar-refractivity contribution >= 4 is 23.2 Å². The van der Waals surface area contributed by atoms with Crippen molar-refractivity contribution in [2.45, 2.75) is 12.5 Å². The monoisotopic (exact) mass is 321 g/mol. The van der Waals surface area contributed by atoms with Crippen LogP contribution in [0.4, 0.5) is 0 Å². The number of carboxylic acid groups (broad SMARTS) is 1. The highest BCUT2D eigenvalue weighted by atomic mass is 32.1. The molecule has 0 bridgehead atoms. The maximum atomic E-state index is 12.6. The zero-order valence-corrected chi connectivity index (χ0v) is 12.5. The number of ether oxygens (including phenoxy) is 1. The largest absolute Gasteiger partial charge is 0.481 e. The molecule has 0 radical (unpaired) electrons. The van der Waals surface area contributed by atoms with Crippen molar-refractivity contribution in [1.82, 2.24) is 15.1 Å². The molecule has 1 aliphatic rings. The van der Waals surface area contributed by atoms with E-state index in [1.807, 2.05) is 17.5 Å². The number of H-pyrrole nitrogens is 1. The Balaban J connectivity index is 1.78. The number of nitrogens with zero attached hydrogens (tertiary/aromatic N) is 2. The first kappa shape index (κ1) is 14.7. The number of thiophene rings is 1. The third-order valence-electron chi connectivity index (χ3n) is 3.48. The number of aromatic amines is 1. The quantitative estimate of drug-likeness (QED) is 0.889. The highest BCUT2D eigenvalue weighted by Crippen LogP contribution is 2.24. The molecular formula is C14H15N3O4S. The Morgan fingerprint density at radius 3 is 3.14 bits per heavy atom. The molecule has 1 saturated heterocycles. The lowest BCUT2D eigenvalue weighted by atomic mass is 10.1. The van der Waals surface area contributed by atoms with E-state index in [4.69, 9.17) is 9.84 Å². The summed E-state index contributed by atoms with van der Waals surface area (Å²) in [7, 11) is 0. The van der Waals surface area contributed by atoms with E-state index < -0.39 is 12.0 Å². The van der Waals surface area contributed by atoms with Gasteiger partial charge in [-0.25, -0.2) is 0 Å². The molecule has 1 aliphatic heterocycles. The van der Waals surface area contributed by atoms with Crippen LogP contribution in [0.15, 0.2) is 23.6 Å². The summed E-state index contributed by atoms with van der Waals surface area (Å²) in [5.41, 5.74) is 1.07. The van der Waals surface area contributed by atoms with Crippen LogP contribution in [0.25, 0.3) is 10.6 Å². The minimum atomic E-state index is -0.949. The molecule has 116 valence electrons. The molecular weight excluding hydrogens is 306 g/mol. The number of hydrogen-bond acceptors (Lipinski definition) is 5. The van der Waals surface area contributed by atoms with Gasteiger partial charge in [-0.05, 0) is 17.5 Å². The second kappa shape index (κ2) is 6.29. The zero-order chi connectivity index (χ0) is 15.5. The normalized spacial score (nSPS) is 18.4. The average molecular weight is 321 g/mol. The molecule has 0 spiro atoms. The van der Waals surface area contributed by atoms with Crippen molar-refractivity contribution in [3.8, 4) is 10.6 Å². The lowest BCUT2D eigenvalue weighted by Gasteiger charge is -2.34. The number of carboxylic acids is 1.